The number of carbonyl (C=O) groups is 1. The van der Waals surface area contributed by atoms with E-state index in [2.05, 4.69) is 15.3 Å². The molecule has 0 unspecified atom stereocenters. The summed E-state index contributed by atoms with van der Waals surface area (Å²) in [5.41, 5.74) is 4.38. The molecule has 2 aromatic carbocycles. The average Bonchev–Trinajstić information content (AvgIpc) is 3.33. The molecular formula is C20H17ClN4O3. The zero-order chi connectivity index (χ0) is 19.7. The Morgan fingerprint density at radius 3 is 2.79 bits per heavy atom. The first-order valence-corrected chi connectivity index (χ1v) is 9.00. The highest BCUT2D eigenvalue weighted by Crippen LogP contribution is 2.31. The summed E-state index contributed by atoms with van der Waals surface area (Å²) in [7, 11) is 1.58. The Labute approximate surface area is 165 Å². The monoisotopic (exact) mass is 396 g/mol. The molecule has 2 aromatic heterocycles. The molecule has 0 saturated carbocycles. The number of nitrogens with zero attached hydrogens (tertiary/aromatic N) is 3. The van der Waals surface area contributed by atoms with E-state index in [9.17, 15) is 4.79 Å². The molecular weight excluding hydrogens is 380 g/mol. The number of nitrogens with one attached hydrogen (secondary N) is 1. The van der Waals surface area contributed by atoms with Crippen LogP contribution in [0.5, 0.6) is 5.75 Å². The van der Waals surface area contributed by atoms with Crippen LogP contribution in [0.4, 0.5) is 0 Å². The van der Waals surface area contributed by atoms with Crippen LogP contribution >= 0.6 is 11.6 Å². The fraction of sp³-hybridized carbons (Fsp3) is 0.150. The van der Waals surface area contributed by atoms with Crippen molar-refractivity contribution in [2.75, 3.05) is 7.11 Å². The first kappa shape index (κ1) is 18.1. The number of fused-ring (bicyclic) bond motifs is 1. The minimum Gasteiger partial charge on any atom is -0.495 e. The molecule has 2 heterocycles. The van der Waals surface area contributed by atoms with Crippen molar-refractivity contribution in [3.05, 3.63) is 53.7 Å². The number of aryl methyl sites for hydroxylation is 1. The predicted molar refractivity (Wildman–Crippen MR) is 107 cm³/mol. The first-order chi connectivity index (χ1) is 13.5. The summed E-state index contributed by atoms with van der Waals surface area (Å²) >= 11 is 6.21. The van der Waals surface area contributed by atoms with Gasteiger partial charge in [-0.2, -0.15) is 10.2 Å². The minimum atomic E-state index is -0.844. The van der Waals surface area contributed by atoms with Crippen molar-refractivity contribution in [1.82, 2.24) is 20.0 Å². The highest BCUT2D eigenvalue weighted by Gasteiger charge is 2.11. The van der Waals surface area contributed by atoms with Crippen LogP contribution in [0.3, 0.4) is 0 Å². The van der Waals surface area contributed by atoms with Crippen molar-refractivity contribution >= 4 is 28.5 Å². The Bertz CT molecular complexity index is 1170. The molecule has 0 saturated heterocycles. The number of carboxylic acids is 1. The number of methoxy groups -OCH3 is 1. The molecule has 28 heavy (non-hydrogen) atoms. The number of aliphatic carboxylic acids is 1. The molecule has 0 bridgehead atoms. The SMILES string of the molecule is COc1ccc(-c2cc(-c3ccc4c(cnn4CCC(=O)O)c3)[nH]n2)cc1Cl. The van der Waals surface area contributed by atoms with Crippen LogP contribution in [0.15, 0.2) is 48.7 Å². The summed E-state index contributed by atoms with van der Waals surface area (Å²) in [5.74, 6) is -0.226. The van der Waals surface area contributed by atoms with Gasteiger partial charge in [-0.3, -0.25) is 14.6 Å². The van der Waals surface area contributed by atoms with Crippen LogP contribution in [0.1, 0.15) is 6.42 Å². The number of ether oxygens (including phenoxy) is 1. The molecule has 0 fully saturated rings. The molecule has 0 radical (unpaired) electrons. The lowest BCUT2D eigenvalue weighted by atomic mass is 10.1. The van der Waals surface area contributed by atoms with Gasteiger partial charge in [-0.1, -0.05) is 17.7 Å². The molecule has 4 rings (SSSR count). The summed E-state index contributed by atoms with van der Waals surface area (Å²) in [6, 6.07) is 13.4. The largest absolute Gasteiger partial charge is 0.495 e. The van der Waals surface area contributed by atoms with E-state index in [1.165, 1.54) is 0 Å². The zero-order valence-corrected chi connectivity index (χ0v) is 15.8. The van der Waals surface area contributed by atoms with Crippen LogP contribution in [-0.2, 0) is 11.3 Å². The van der Waals surface area contributed by atoms with Gasteiger partial charge < -0.3 is 9.84 Å². The van der Waals surface area contributed by atoms with Gasteiger partial charge in [-0.15, -0.1) is 0 Å². The number of aromatic nitrogens is 4. The third kappa shape index (κ3) is 3.44. The van der Waals surface area contributed by atoms with Gasteiger partial charge in [-0.25, -0.2) is 0 Å². The smallest absolute Gasteiger partial charge is 0.305 e. The second-order valence-electron chi connectivity index (χ2n) is 6.30. The number of benzene rings is 2. The lowest BCUT2D eigenvalue weighted by Gasteiger charge is -2.04. The molecule has 0 spiro atoms. The number of H-pyrrole nitrogens is 1. The van der Waals surface area contributed by atoms with Gasteiger partial charge in [0, 0.05) is 16.5 Å². The van der Waals surface area contributed by atoms with Crippen molar-refractivity contribution in [1.29, 1.82) is 0 Å². The van der Waals surface area contributed by atoms with Gasteiger partial charge in [-0.05, 0) is 36.4 Å². The molecule has 0 aliphatic carbocycles. The maximum absolute atomic E-state index is 10.8. The molecule has 8 heteroatoms. The number of halogens is 1. The van der Waals surface area contributed by atoms with E-state index >= 15 is 0 Å². The maximum Gasteiger partial charge on any atom is 0.305 e. The summed E-state index contributed by atoms with van der Waals surface area (Å²) in [4.78, 5) is 10.8. The van der Waals surface area contributed by atoms with Gasteiger partial charge in [0.25, 0.3) is 0 Å². The topological polar surface area (TPSA) is 93.0 Å². The Hall–Kier alpha value is -3.32. The minimum absolute atomic E-state index is 0.0346. The summed E-state index contributed by atoms with van der Waals surface area (Å²) in [6.45, 7) is 0.338. The van der Waals surface area contributed by atoms with E-state index in [0.717, 1.165) is 33.4 Å². The van der Waals surface area contributed by atoms with Crippen LogP contribution in [0.2, 0.25) is 5.02 Å². The van der Waals surface area contributed by atoms with Gasteiger partial charge in [0.1, 0.15) is 5.75 Å². The van der Waals surface area contributed by atoms with Gasteiger partial charge in [0.05, 0.1) is 48.2 Å². The summed E-state index contributed by atoms with van der Waals surface area (Å²) < 4.78 is 6.88. The normalized spacial score (nSPS) is 11.1. The van der Waals surface area contributed by atoms with Crippen LogP contribution in [-0.4, -0.2) is 38.2 Å². The Morgan fingerprint density at radius 2 is 2.04 bits per heavy atom. The lowest BCUT2D eigenvalue weighted by Crippen LogP contribution is -2.05. The number of hydrogen-bond donors (Lipinski definition) is 2. The number of aromatic amines is 1. The van der Waals surface area contributed by atoms with E-state index < -0.39 is 5.97 Å². The maximum atomic E-state index is 10.8. The quantitative estimate of drug-likeness (QED) is 0.508. The third-order valence-corrected chi connectivity index (χ3v) is 4.81. The van der Waals surface area contributed by atoms with Gasteiger partial charge in [0.15, 0.2) is 0 Å². The summed E-state index contributed by atoms with van der Waals surface area (Å²) in [6.07, 6.45) is 1.77. The first-order valence-electron chi connectivity index (χ1n) is 8.62. The fourth-order valence-corrected chi connectivity index (χ4v) is 3.34. The van der Waals surface area contributed by atoms with Crippen molar-refractivity contribution in [3.63, 3.8) is 0 Å². The highest BCUT2D eigenvalue weighted by molar-refractivity contribution is 6.32. The highest BCUT2D eigenvalue weighted by atomic mass is 35.5. The lowest BCUT2D eigenvalue weighted by molar-refractivity contribution is -0.137. The van der Waals surface area contributed by atoms with Crippen LogP contribution < -0.4 is 4.74 Å². The molecule has 7 nitrogen and oxygen atoms in total. The van der Waals surface area contributed by atoms with E-state index in [1.807, 2.05) is 42.5 Å². The Kier molecular flexibility index (Phi) is 4.75. The molecule has 142 valence electrons. The van der Waals surface area contributed by atoms with Crippen molar-refractivity contribution in [2.24, 2.45) is 0 Å². The van der Waals surface area contributed by atoms with E-state index in [1.54, 1.807) is 18.0 Å². The van der Waals surface area contributed by atoms with Gasteiger partial charge in [0.2, 0.25) is 0 Å². The van der Waals surface area contributed by atoms with Gasteiger partial charge >= 0.3 is 5.97 Å². The molecule has 0 atom stereocenters. The number of hydrogen-bond acceptors (Lipinski definition) is 4. The van der Waals surface area contributed by atoms with E-state index in [4.69, 9.17) is 21.4 Å². The second-order valence-corrected chi connectivity index (χ2v) is 6.71. The van der Waals surface area contributed by atoms with Crippen molar-refractivity contribution in [2.45, 2.75) is 13.0 Å². The molecule has 4 aromatic rings. The third-order valence-electron chi connectivity index (χ3n) is 4.52. The van der Waals surface area contributed by atoms with E-state index in [-0.39, 0.29) is 6.42 Å². The number of rotatable bonds is 6. The Balaban J connectivity index is 1.62. The summed E-state index contributed by atoms with van der Waals surface area (Å²) in [5, 5.41) is 22.0. The Morgan fingerprint density at radius 1 is 1.21 bits per heavy atom. The van der Waals surface area contributed by atoms with Crippen LogP contribution in [0, 0.1) is 0 Å². The standard InChI is InChI=1S/C20H17ClN4O3/c1-28-19-5-3-13(9-15(19)21)17-10-16(23-24-17)12-2-4-18-14(8-12)11-22-25(18)7-6-20(26)27/h2-5,8-11H,6-7H2,1H3,(H,23,24)(H,26,27). The van der Waals surface area contributed by atoms with Crippen LogP contribution in [0.25, 0.3) is 33.4 Å². The fourth-order valence-electron chi connectivity index (χ4n) is 3.08. The second kappa shape index (κ2) is 7.36. The molecule has 2 N–H and O–H groups in total. The van der Waals surface area contributed by atoms with E-state index in [0.29, 0.717) is 17.3 Å². The molecule has 0 aliphatic heterocycles. The zero-order valence-electron chi connectivity index (χ0n) is 15.0. The average molecular weight is 397 g/mol. The molecule has 0 aliphatic rings. The number of carboxylic acid groups (broad SMARTS) is 1. The predicted octanol–water partition coefficient (Wildman–Crippen LogP) is 4.23. The van der Waals surface area contributed by atoms with Crippen molar-refractivity contribution < 1.29 is 14.6 Å². The van der Waals surface area contributed by atoms with Crippen molar-refractivity contribution in [3.8, 4) is 28.3 Å². The molecule has 0 amide bonds.